The van der Waals surface area contributed by atoms with Crippen molar-refractivity contribution in [2.45, 2.75) is 32.6 Å². The first kappa shape index (κ1) is 22.8. The zero-order valence-electron chi connectivity index (χ0n) is 18.4. The van der Waals surface area contributed by atoms with Crippen LogP contribution in [0.4, 0.5) is 14.9 Å². The summed E-state index contributed by atoms with van der Waals surface area (Å²) in [4.78, 5) is 24.4. The fraction of sp³-hybridized carbons (Fsp3) is 0.333. The van der Waals surface area contributed by atoms with Crippen LogP contribution < -0.4 is 10.1 Å². The van der Waals surface area contributed by atoms with Crippen LogP contribution in [0.25, 0.3) is 10.9 Å². The molecule has 1 aromatic heterocycles. The van der Waals surface area contributed by atoms with Gasteiger partial charge in [-0.25, -0.2) is 9.18 Å². The molecule has 0 spiro atoms. The summed E-state index contributed by atoms with van der Waals surface area (Å²) in [5.41, 5.74) is 1.69. The number of benzene rings is 2. The van der Waals surface area contributed by atoms with Crippen LogP contribution in [-0.2, 0) is 25.5 Å². The van der Waals surface area contributed by atoms with Crippen molar-refractivity contribution in [3.8, 4) is 5.88 Å². The zero-order valence-corrected chi connectivity index (χ0v) is 18.4. The van der Waals surface area contributed by atoms with Crippen LogP contribution in [0.1, 0.15) is 25.8 Å². The number of nitrogens with zero attached hydrogens (tertiary/aromatic N) is 1. The number of aromatic nitrogens is 1. The van der Waals surface area contributed by atoms with Crippen molar-refractivity contribution in [1.82, 2.24) is 4.57 Å². The van der Waals surface area contributed by atoms with Gasteiger partial charge in [0.2, 0.25) is 11.8 Å². The molecule has 0 bridgehead atoms. The van der Waals surface area contributed by atoms with E-state index in [1.54, 1.807) is 60.9 Å². The largest absolute Gasteiger partial charge is 0.515 e. The minimum atomic E-state index is -0.933. The highest BCUT2D eigenvalue weighted by Crippen LogP contribution is 2.30. The number of ether oxygens (including phenoxy) is 4. The number of carbonyl (C=O) groups excluding carboxylic acids is 2. The Balaban J connectivity index is 1.61. The number of hydrogen-bond donors (Lipinski definition) is 1. The molecule has 1 amide bonds. The highest BCUT2D eigenvalue weighted by Gasteiger charge is 2.33. The van der Waals surface area contributed by atoms with E-state index in [9.17, 15) is 14.0 Å². The van der Waals surface area contributed by atoms with E-state index in [1.807, 2.05) is 0 Å². The van der Waals surface area contributed by atoms with Crippen LogP contribution in [-0.4, -0.2) is 42.2 Å². The van der Waals surface area contributed by atoms with Crippen molar-refractivity contribution in [2.24, 2.45) is 0 Å². The van der Waals surface area contributed by atoms with Gasteiger partial charge in [0.05, 0.1) is 38.3 Å². The molecule has 8 nitrogen and oxygen atoms in total. The van der Waals surface area contributed by atoms with Gasteiger partial charge in [-0.15, -0.1) is 0 Å². The molecule has 1 aliphatic heterocycles. The van der Waals surface area contributed by atoms with Gasteiger partial charge in [0.25, 0.3) is 0 Å². The number of fused-ring (bicyclic) bond motifs is 1. The lowest BCUT2D eigenvalue weighted by Crippen LogP contribution is -2.31. The van der Waals surface area contributed by atoms with Crippen molar-refractivity contribution < 1.29 is 32.9 Å². The van der Waals surface area contributed by atoms with Gasteiger partial charge >= 0.3 is 6.16 Å². The highest BCUT2D eigenvalue weighted by atomic mass is 19.1. The van der Waals surface area contributed by atoms with E-state index in [4.69, 9.17) is 18.9 Å². The number of hydrogen-bond acceptors (Lipinski definition) is 6. The molecule has 1 aliphatic rings. The van der Waals surface area contributed by atoms with E-state index in [0.717, 1.165) is 0 Å². The Labute approximate surface area is 190 Å². The number of anilines is 1. The van der Waals surface area contributed by atoms with Crippen LogP contribution in [0.2, 0.25) is 0 Å². The van der Waals surface area contributed by atoms with E-state index in [-0.39, 0.29) is 37.2 Å². The van der Waals surface area contributed by atoms with Gasteiger partial charge in [0.1, 0.15) is 5.82 Å². The van der Waals surface area contributed by atoms with Crippen molar-refractivity contribution >= 4 is 28.7 Å². The van der Waals surface area contributed by atoms with Crippen LogP contribution in [0.15, 0.2) is 48.5 Å². The molecule has 2 heterocycles. The lowest BCUT2D eigenvalue weighted by atomic mass is 10.2. The maximum atomic E-state index is 14.3. The summed E-state index contributed by atoms with van der Waals surface area (Å²) in [6.07, 6.45) is -0.801. The smallest absolute Gasteiger partial charge is 0.434 e. The van der Waals surface area contributed by atoms with Gasteiger partial charge in [0.15, 0.2) is 5.79 Å². The molecule has 1 fully saturated rings. The predicted molar refractivity (Wildman–Crippen MR) is 119 cm³/mol. The average molecular weight is 456 g/mol. The van der Waals surface area contributed by atoms with Crippen molar-refractivity contribution in [3.63, 3.8) is 0 Å². The molecule has 1 saturated heterocycles. The number of nitrogens with one attached hydrogen (secondary N) is 1. The van der Waals surface area contributed by atoms with E-state index in [1.165, 1.54) is 6.07 Å². The summed E-state index contributed by atoms with van der Waals surface area (Å²) in [5, 5.41) is 3.53. The van der Waals surface area contributed by atoms with Crippen LogP contribution >= 0.6 is 0 Å². The summed E-state index contributed by atoms with van der Waals surface area (Å²) in [6, 6.07) is 13.3. The van der Waals surface area contributed by atoms with E-state index in [2.05, 4.69) is 5.32 Å². The Morgan fingerprint density at radius 1 is 1.15 bits per heavy atom. The molecule has 2 aromatic carbocycles. The quantitative estimate of drug-likeness (QED) is 0.529. The van der Waals surface area contributed by atoms with Crippen molar-refractivity contribution in [3.05, 3.63) is 59.9 Å². The molecule has 0 unspecified atom stereocenters. The lowest BCUT2D eigenvalue weighted by Gasteiger charge is -2.21. The average Bonchev–Trinajstić information content (AvgIpc) is 3.33. The zero-order chi connectivity index (χ0) is 23.4. The fourth-order valence-electron chi connectivity index (χ4n) is 3.76. The first-order valence-electron chi connectivity index (χ1n) is 10.7. The number of amides is 1. The Hall–Kier alpha value is -3.43. The van der Waals surface area contributed by atoms with E-state index >= 15 is 0 Å². The normalized spacial score (nSPS) is 14.9. The third kappa shape index (κ3) is 5.32. The topological polar surface area (TPSA) is 88.0 Å². The molecular weight excluding hydrogens is 431 g/mol. The first-order valence-corrected chi connectivity index (χ1v) is 10.7. The Morgan fingerprint density at radius 3 is 2.64 bits per heavy atom. The molecular formula is C24H25FN2O6. The molecule has 1 N–H and O–H groups in total. The van der Waals surface area contributed by atoms with Gasteiger partial charge in [-0.1, -0.05) is 18.2 Å². The number of halogens is 1. The highest BCUT2D eigenvalue weighted by molar-refractivity contribution is 5.95. The van der Waals surface area contributed by atoms with Crippen LogP contribution in [0, 0.1) is 5.82 Å². The molecule has 0 atom stereocenters. The number of carbonyl (C=O) groups is 2. The third-order valence-electron chi connectivity index (χ3n) is 5.26. The second kappa shape index (κ2) is 9.60. The summed E-state index contributed by atoms with van der Waals surface area (Å²) in [5.74, 6) is -1.35. The van der Waals surface area contributed by atoms with Crippen LogP contribution in [0.3, 0.4) is 0 Å². The SMILES string of the molecule is CCOC(=O)Oc1cc2cc(NC(=O)CC3(C)OCCO3)ccc2n1Cc1ccccc1F. The summed E-state index contributed by atoms with van der Waals surface area (Å²) in [6.45, 7) is 4.61. The van der Waals surface area contributed by atoms with E-state index < -0.39 is 11.9 Å². The maximum absolute atomic E-state index is 14.3. The Morgan fingerprint density at radius 2 is 1.91 bits per heavy atom. The molecule has 0 aliphatic carbocycles. The third-order valence-corrected chi connectivity index (χ3v) is 5.26. The fourth-order valence-corrected chi connectivity index (χ4v) is 3.76. The monoisotopic (exact) mass is 456 g/mol. The summed E-state index contributed by atoms with van der Waals surface area (Å²) < 4.78 is 37.2. The molecule has 33 heavy (non-hydrogen) atoms. The van der Waals surface area contributed by atoms with Gasteiger partial charge < -0.3 is 28.8 Å². The lowest BCUT2D eigenvalue weighted by molar-refractivity contribution is -0.156. The van der Waals surface area contributed by atoms with Crippen molar-refractivity contribution in [2.75, 3.05) is 25.1 Å². The minimum Gasteiger partial charge on any atom is -0.434 e. The predicted octanol–water partition coefficient (Wildman–Crippen LogP) is 4.46. The van der Waals surface area contributed by atoms with Crippen molar-refractivity contribution in [1.29, 1.82) is 0 Å². The second-order valence-corrected chi connectivity index (χ2v) is 7.77. The molecule has 3 aromatic rings. The molecule has 9 heteroatoms. The molecule has 0 radical (unpaired) electrons. The molecule has 174 valence electrons. The maximum Gasteiger partial charge on any atom is 0.515 e. The van der Waals surface area contributed by atoms with E-state index in [0.29, 0.717) is 35.4 Å². The standard InChI is InChI=1S/C24H25FN2O6/c1-3-30-23(29)33-22-13-17-12-18(26-21(28)14-24(2)31-10-11-32-24)8-9-20(17)27(22)15-16-6-4-5-7-19(16)25/h4-9,12-13H,3,10-11,14-15H2,1-2H3,(H,26,28). The number of rotatable bonds is 7. The Kier molecular flexibility index (Phi) is 6.62. The van der Waals surface area contributed by atoms with Crippen LogP contribution in [0.5, 0.6) is 5.88 Å². The van der Waals surface area contributed by atoms with Gasteiger partial charge in [-0.2, -0.15) is 0 Å². The first-order chi connectivity index (χ1) is 15.9. The Bertz CT molecular complexity index is 1170. The minimum absolute atomic E-state index is 0.0521. The van der Waals surface area contributed by atoms with Gasteiger partial charge in [0, 0.05) is 22.7 Å². The van der Waals surface area contributed by atoms with Gasteiger partial charge in [-0.3, -0.25) is 4.79 Å². The summed E-state index contributed by atoms with van der Waals surface area (Å²) >= 11 is 0. The second-order valence-electron chi connectivity index (χ2n) is 7.77. The molecule has 4 rings (SSSR count). The molecule has 0 saturated carbocycles. The summed E-state index contributed by atoms with van der Waals surface area (Å²) in [7, 11) is 0. The van der Waals surface area contributed by atoms with Gasteiger partial charge in [-0.05, 0) is 38.1 Å².